The highest BCUT2D eigenvalue weighted by atomic mass is 16.5. The Morgan fingerprint density at radius 1 is 1.14 bits per heavy atom. The van der Waals surface area contributed by atoms with Gasteiger partial charge in [0.1, 0.15) is 5.82 Å². The van der Waals surface area contributed by atoms with E-state index in [2.05, 4.69) is 23.9 Å². The maximum Gasteiger partial charge on any atom is 0.282 e. The Bertz CT molecular complexity index is 1050. The number of para-hydroxylation sites is 1. The molecule has 6 heteroatoms. The first-order valence-electron chi connectivity index (χ1n) is 9.42. The summed E-state index contributed by atoms with van der Waals surface area (Å²) in [5.41, 5.74) is 1.28. The van der Waals surface area contributed by atoms with Crippen LogP contribution in [-0.4, -0.2) is 29.1 Å². The zero-order valence-electron chi connectivity index (χ0n) is 16.7. The van der Waals surface area contributed by atoms with Crippen molar-refractivity contribution in [3.05, 3.63) is 64.2 Å². The zero-order valence-corrected chi connectivity index (χ0v) is 16.7. The molecule has 3 rings (SSSR count). The highest BCUT2D eigenvalue weighted by molar-refractivity contribution is 5.81. The van der Waals surface area contributed by atoms with Crippen LogP contribution in [0.1, 0.15) is 32.2 Å². The Hall–Kier alpha value is -3.15. The number of ether oxygens (including phenoxy) is 2. The molecule has 2 aromatic carbocycles. The van der Waals surface area contributed by atoms with Crippen LogP contribution >= 0.6 is 0 Å². The maximum absolute atomic E-state index is 12.7. The minimum atomic E-state index is -0.193. The molecule has 1 heterocycles. The number of hydrogen-bond donors (Lipinski definition) is 0. The van der Waals surface area contributed by atoms with Crippen molar-refractivity contribution >= 4 is 17.1 Å². The van der Waals surface area contributed by atoms with E-state index in [0.717, 1.165) is 5.56 Å². The lowest BCUT2D eigenvalue weighted by atomic mass is 10.2. The Labute approximate surface area is 164 Å². The summed E-state index contributed by atoms with van der Waals surface area (Å²) < 4.78 is 12.8. The molecule has 146 valence electrons. The van der Waals surface area contributed by atoms with Gasteiger partial charge in [-0.1, -0.05) is 26.0 Å². The van der Waals surface area contributed by atoms with Crippen LogP contribution in [0.5, 0.6) is 11.5 Å². The normalized spacial score (nSPS) is 11.5. The van der Waals surface area contributed by atoms with Crippen LogP contribution in [0.2, 0.25) is 0 Å². The van der Waals surface area contributed by atoms with Crippen LogP contribution in [0, 0.1) is 12.8 Å². The van der Waals surface area contributed by atoms with E-state index in [0.29, 0.717) is 47.4 Å². The molecule has 0 amide bonds. The van der Waals surface area contributed by atoms with E-state index in [9.17, 15) is 4.79 Å². The SMILES string of the molecule is CCOc1cc(C=Nn2c(C)nc3ccccc3c2=O)ccc1OCC(C)C. The smallest absolute Gasteiger partial charge is 0.282 e. The van der Waals surface area contributed by atoms with Gasteiger partial charge in [-0.15, -0.1) is 0 Å². The summed E-state index contributed by atoms with van der Waals surface area (Å²) in [6.07, 6.45) is 1.62. The third kappa shape index (κ3) is 4.39. The van der Waals surface area contributed by atoms with Gasteiger partial charge in [0.15, 0.2) is 11.5 Å². The van der Waals surface area contributed by atoms with Crippen LogP contribution in [0.4, 0.5) is 0 Å². The molecule has 0 aliphatic carbocycles. The van der Waals surface area contributed by atoms with Crippen molar-refractivity contribution in [1.82, 2.24) is 9.66 Å². The topological polar surface area (TPSA) is 65.7 Å². The van der Waals surface area contributed by atoms with Gasteiger partial charge >= 0.3 is 0 Å². The van der Waals surface area contributed by atoms with Crippen LogP contribution in [0.25, 0.3) is 10.9 Å². The summed E-state index contributed by atoms with van der Waals surface area (Å²) >= 11 is 0. The molecule has 0 aliphatic rings. The minimum absolute atomic E-state index is 0.193. The molecule has 0 saturated heterocycles. The fraction of sp³-hybridized carbons (Fsp3) is 0.318. The first kappa shape index (κ1) is 19.6. The van der Waals surface area contributed by atoms with Gasteiger partial charge < -0.3 is 9.47 Å². The predicted octanol–water partition coefficient (Wildman–Crippen LogP) is 4.02. The molecule has 0 aliphatic heterocycles. The number of nitrogens with zero attached hydrogens (tertiary/aromatic N) is 3. The van der Waals surface area contributed by atoms with Gasteiger partial charge in [0, 0.05) is 0 Å². The van der Waals surface area contributed by atoms with Crippen LogP contribution in [-0.2, 0) is 0 Å². The standard InChI is InChI=1S/C22H25N3O3/c1-5-27-21-12-17(10-11-20(21)28-14-15(2)3)13-23-25-16(4)24-19-9-7-6-8-18(19)22(25)26/h6-13,15H,5,14H2,1-4H3. The van der Waals surface area contributed by atoms with Crippen molar-refractivity contribution < 1.29 is 9.47 Å². The molecule has 3 aromatic rings. The summed E-state index contributed by atoms with van der Waals surface area (Å²) in [6.45, 7) is 9.03. The molecule has 0 atom stereocenters. The molecule has 0 radical (unpaired) electrons. The van der Waals surface area contributed by atoms with Crippen molar-refractivity contribution in [3.8, 4) is 11.5 Å². The Balaban J connectivity index is 1.93. The van der Waals surface area contributed by atoms with E-state index < -0.39 is 0 Å². The molecule has 0 spiro atoms. The number of aryl methyl sites for hydroxylation is 1. The monoisotopic (exact) mass is 379 g/mol. The van der Waals surface area contributed by atoms with Crippen molar-refractivity contribution in [3.63, 3.8) is 0 Å². The number of aromatic nitrogens is 2. The molecular weight excluding hydrogens is 354 g/mol. The average Bonchev–Trinajstić information content (AvgIpc) is 2.67. The first-order chi connectivity index (χ1) is 13.5. The third-order valence-electron chi connectivity index (χ3n) is 4.08. The number of benzene rings is 2. The molecule has 1 aromatic heterocycles. The predicted molar refractivity (Wildman–Crippen MR) is 112 cm³/mol. The second kappa shape index (κ2) is 8.69. The van der Waals surface area contributed by atoms with E-state index in [1.54, 1.807) is 19.2 Å². The highest BCUT2D eigenvalue weighted by Crippen LogP contribution is 2.28. The fourth-order valence-electron chi connectivity index (χ4n) is 2.74. The Kier molecular flexibility index (Phi) is 6.09. The van der Waals surface area contributed by atoms with E-state index >= 15 is 0 Å². The largest absolute Gasteiger partial charge is 0.490 e. The average molecular weight is 379 g/mol. The third-order valence-corrected chi connectivity index (χ3v) is 4.08. The summed E-state index contributed by atoms with van der Waals surface area (Å²) in [4.78, 5) is 17.2. The molecule has 0 bridgehead atoms. The van der Waals surface area contributed by atoms with Crippen molar-refractivity contribution in [2.24, 2.45) is 11.0 Å². The number of rotatable bonds is 7. The summed E-state index contributed by atoms with van der Waals surface area (Å²) in [6, 6.07) is 12.9. The molecule has 0 fully saturated rings. The van der Waals surface area contributed by atoms with Crippen LogP contribution < -0.4 is 15.0 Å². The Morgan fingerprint density at radius 3 is 2.68 bits per heavy atom. The molecular formula is C22H25N3O3. The molecule has 28 heavy (non-hydrogen) atoms. The van der Waals surface area contributed by atoms with Crippen molar-refractivity contribution in [2.45, 2.75) is 27.7 Å². The van der Waals surface area contributed by atoms with Crippen molar-refractivity contribution in [1.29, 1.82) is 0 Å². The summed E-state index contributed by atoms with van der Waals surface area (Å²) in [5.74, 6) is 2.31. The second-order valence-corrected chi connectivity index (χ2v) is 6.88. The molecule has 0 saturated carbocycles. The van der Waals surface area contributed by atoms with Gasteiger partial charge in [-0.25, -0.2) is 4.98 Å². The fourth-order valence-corrected chi connectivity index (χ4v) is 2.74. The van der Waals surface area contributed by atoms with E-state index in [-0.39, 0.29) is 5.56 Å². The van der Waals surface area contributed by atoms with Crippen LogP contribution in [0.15, 0.2) is 52.4 Å². The maximum atomic E-state index is 12.7. The lowest BCUT2D eigenvalue weighted by molar-refractivity contribution is 0.248. The molecule has 0 unspecified atom stereocenters. The number of fused-ring (bicyclic) bond motifs is 1. The summed E-state index contributed by atoms with van der Waals surface area (Å²) in [7, 11) is 0. The van der Waals surface area contributed by atoms with E-state index in [4.69, 9.17) is 9.47 Å². The minimum Gasteiger partial charge on any atom is -0.490 e. The van der Waals surface area contributed by atoms with Crippen molar-refractivity contribution in [2.75, 3.05) is 13.2 Å². The van der Waals surface area contributed by atoms with E-state index in [1.807, 2.05) is 43.3 Å². The lowest BCUT2D eigenvalue weighted by Crippen LogP contribution is -2.20. The van der Waals surface area contributed by atoms with Gasteiger partial charge in [0.2, 0.25) is 0 Å². The van der Waals surface area contributed by atoms with Gasteiger partial charge in [-0.3, -0.25) is 4.79 Å². The van der Waals surface area contributed by atoms with Gasteiger partial charge in [0.05, 0.1) is 30.3 Å². The number of hydrogen-bond acceptors (Lipinski definition) is 5. The van der Waals surface area contributed by atoms with Gasteiger partial charge in [0.25, 0.3) is 5.56 Å². The molecule has 0 N–H and O–H groups in total. The molecule has 6 nitrogen and oxygen atoms in total. The van der Waals surface area contributed by atoms with Gasteiger partial charge in [-0.05, 0) is 55.7 Å². The second-order valence-electron chi connectivity index (χ2n) is 6.88. The quantitative estimate of drug-likeness (QED) is 0.582. The van der Waals surface area contributed by atoms with E-state index in [1.165, 1.54) is 4.68 Å². The van der Waals surface area contributed by atoms with Crippen LogP contribution in [0.3, 0.4) is 0 Å². The zero-order chi connectivity index (χ0) is 20.1. The van der Waals surface area contributed by atoms with Gasteiger partial charge in [-0.2, -0.15) is 9.78 Å². The highest BCUT2D eigenvalue weighted by Gasteiger charge is 2.09. The summed E-state index contributed by atoms with van der Waals surface area (Å²) in [5, 5.41) is 4.89. The lowest BCUT2D eigenvalue weighted by Gasteiger charge is -2.14. The first-order valence-corrected chi connectivity index (χ1v) is 9.42. The Morgan fingerprint density at radius 2 is 1.93 bits per heavy atom.